The minimum Gasteiger partial charge on any atom is -0.464 e. The molecule has 3 aromatic rings. The van der Waals surface area contributed by atoms with Crippen molar-refractivity contribution in [1.82, 2.24) is 5.32 Å². The highest BCUT2D eigenvalue weighted by Crippen LogP contribution is 2.34. The van der Waals surface area contributed by atoms with Gasteiger partial charge >= 0.3 is 0 Å². The van der Waals surface area contributed by atoms with E-state index in [0.717, 1.165) is 11.1 Å². The van der Waals surface area contributed by atoms with E-state index < -0.39 is 0 Å². The maximum atomic E-state index is 12.4. The number of amides is 2. The smallest absolute Gasteiger partial charge is 0.255 e. The molecule has 0 radical (unpaired) electrons. The lowest BCUT2D eigenvalue weighted by Gasteiger charge is -2.11. The Morgan fingerprint density at radius 3 is 2.62 bits per heavy atom. The van der Waals surface area contributed by atoms with Gasteiger partial charge in [0.25, 0.3) is 11.8 Å². The highest BCUT2D eigenvalue weighted by Gasteiger charge is 2.27. The minimum atomic E-state index is -0.247. The molecule has 1 aliphatic rings. The second kappa shape index (κ2) is 5.70. The first-order chi connectivity index (χ1) is 11.7. The fourth-order valence-electron chi connectivity index (χ4n) is 2.90. The number of furan rings is 1. The van der Waals surface area contributed by atoms with Crippen LogP contribution in [0, 0.1) is 0 Å². The van der Waals surface area contributed by atoms with Crippen LogP contribution >= 0.6 is 0 Å². The Bertz CT molecular complexity index is 915. The third-order valence-corrected chi connectivity index (χ3v) is 4.04. The average Bonchev–Trinajstić information content (AvgIpc) is 3.27. The van der Waals surface area contributed by atoms with Gasteiger partial charge in [0.15, 0.2) is 0 Å². The SMILES string of the molecule is O=C(Nc1ccc(-c2ccco2)c2c1C(=O)NC2)c1ccccc1. The van der Waals surface area contributed by atoms with Gasteiger partial charge < -0.3 is 15.1 Å². The quantitative estimate of drug-likeness (QED) is 0.777. The van der Waals surface area contributed by atoms with E-state index in [9.17, 15) is 9.59 Å². The summed E-state index contributed by atoms with van der Waals surface area (Å²) < 4.78 is 5.44. The Hall–Kier alpha value is -3.34. The summed E-state index contributed by atoms with van der Waals surface area (Å²) in [5, 5.41) is 5.64. The van der Waals surface area contributed by atoms with Crippen molar-refractivity contribution in [1.29, 1.82) is 0 Å². The van der Waals surface area contributed by atoms with E-state index in [1.165, 1.54) is 0 Å². The topological polar surface area (TPSA) is 71.3 Å². The predicted octanol–water partition coefficient (Wildman–Crippen LogP) is 3.44. The van der Waals surface area contributed by atoms with Crippen molar-refractivity contribution in [3.63, 3.8) is 0 Å². The molecule has 0 saturated carbocycles. The maximum Gasteiger partial charge on any atom is 0.255 e. The molecule has 0 spiro atoms. The van der Waals surface area contributed by atoms with E-state index >= 15 is 0 Å². The van der Waals surface area contributed by atoms with Crippen molar-refractivity contribution in [2.75, 3.05) is 5.32 Å². The van der Waals surface area contributed by atoms with Crippen LogP contribution in [0.3, 0.4) is 0 Å². The molecular weight excluding hydrogens is 304 g/mol. The van der Waals surface area contributed by atoms with E-state index in [-0.39, 0.29) is 11.8 Å². The van der Waals surface area contributed by atoms with Crippen LogP contribution in [0.5, 0.6) is 0 Å². The third-order valence-electron chi connectivity index (χ3n) is 4.04. The molecule has 0 saturated heterocycles. The Morgan fingerprint density at radius 2 is 1.88 bits per heavy atom. The summed E-state index contributed by atoms with van der Waals surface area (Å²) in [6.07, 6.45) is 1.59. The van der Waals surface area contributed by atoms with E-state index in [0.29, 0.717) is 29.1 Å². The van der Waals surface area contributed by atoms with Gasteiger partial charge in [0.2, 0.25) is 0 Å². The zero-order valence-corrected chi connectivity index (χ0v) is 12.7. The number of rotatable bonds is 3. The molecule has 0 fully saturated rings. The summed E-state index contributed by atoms with van der Waals surface area (Å²) in [7, 11) is 0. The molecule has 2 aromatic carbocycles. The lowest BCUT2D eigenvalue weighted by molar-refractivity contribution is 0.0966. The molecule has 0 unspecified atom stereocenters. The van der Waals surface area contributed by atoms with Crippen LogP contribution in [-0.4, -0.2) is 11.8 Å². The Balaban J connectivity index is 1.74. The second-order valence-electron chi connectivity index (χ2n) is 5.49. The number of hydrogen-bond acceptors (Lipinski definition) is 3. The summed E-state index contributed by atoms with van der Waals surface area (Å²) >= 11 is 0. The maximum absolute atomic E-state index is 12.4. The first-order valence-corrected chi connectivity index (χ1v) is 7.58. The van der Waals surface area contributed by atoms with Gasteiger partial charge in [-0.25, -0.2) is 0 Å². The Kier molecular flexibility index (Phi) is 3.39. The molecule has 24 heavy (non-hydrogen) atoms. The van der Waals surface area contributed by atoms with Crippen LogP contribution in [0.2, 0.25) is 0 Å². The monoisotopic (exact) mass is 318 g/mol. The van der Waals surface area contributed by atoms with Crippen LogP contribution in [0.1, 0.15) is 26.3 Å². The molecule has 2 amide bonds. The summed E-state index contributed by atoms with van der Waals surface area (Å²) in [6, 6.07) is 16.1. The molecule has 4 rings (SSSR count). The number of carbonyl (C=O) groups excluding carboxylic acids is 2. The summed E-state index contributed by atoms with van der Waals surface area (Å²) in [4.78, 5) is 24.6. The van der Waals surface area contributed by atoms with Gasteiger partial charge in [-0.15, -0.1) is 0 Å². The normalized spacial score (nSPS) is 12.6. The highest BCUT2D eigenvalue weighted by molar-refractivity contribution is 6.11. The standard InChI is InChI=1S/C19H14N2O3/c22-18(12-5-2-1-3-6-12)21-15-9-8-13(16-7-4-10-24-16)14-11-20-19(23)17(14)15/h1-10H,11H2,(H,20,23)(H,21,22). The second-order valence-corrected chi connectivity index (χ2v) is 5.49. The van der Waals surface area contributed by atoms with Crippen LogP contribution in [-0.2, 0) is 6.54 Å². The van der Waals surface area contributed by atoms with Gasteiger partial charge in [0.05, 0.1) is 17.5 Å². The number of carbonyl (C=O) groups is 2. The largest absolute Gasteiger partial charge is 0.464 e. The zero-order chi connectivity index (χ0) is 16.5. The lowest BCUT2D eigenvalue weighted by atomic mass is 9.99. The van der Waals surface area contributed by atoms with Gasteiger partial charge in [0.1, 0.15) is 5.76 Å². The summed E-state index contributed by atoms with van der Waals surface area (Å²) in [5.41, 5.74) is 3.23. The molecule has 0 aliphatic carbocycles. The van der Waals surface area contributed by atoms with E-state index in [4.69, 9.17) is 4.42 Å². The number of fused-ring (bicyclic) bond motifs is 1. The first kappa shape index (κ1) is 14.3. The molecule has 5 nitrogen and oxygen atoms in total. The van der Waals surface area contributed by atoms with Crippen LogP contribution in [0.15, 0.2) is 65.3 Å². The van der Waals surface area contributed by atoms with Gasteiger partial charge in [-0.05, 0) is 42.0 Å². The summed E-state index contributed by atoms with van der Waals surface area (Å²) in [6.45, 7) is 0.416. The van der Waals surface area contributed by atoms with Crippen molar-refractivity contribution in [3.8, 4) is 11.3 Å². The van der Waals surface area contributed by atoms with E-state index in [1.54, 1.807) is 42.7 Å². The fraction of sp³-hybridized carbons (Fsp3) is 0.0526. The van der Waals surface area contributed by atoms with Crippen molar-refractivity contribution in [2.45, 2.75) is 6.54 Å². The average molecular weight is 318 g/mol. The van der Waals surface area contributed by atoms with Gasteiger partial charge in [0, 0.05) is 17.7 Å². The van der Waals surface area contributed by atoms with Crippen LogP contribution in [0.25, 0.3) is 11.3 Å². The molecule has 1 aliphatic heterocycles. The molecule has 0 atom stereocenters. The molecule has 2 N–H and O–H groups in total. The van der Waals surface area contributed by atoms with E-state index in [2.05, 4.69) is 10.6 Å². The Morgan fingerprint density at radius 1 is 1.04 bits per heavy atom. The molecule has 5 heteroatoms. The number of hydrogen-bond donors (Lipinski definition) is 2. The van der Waals surface area contributed by atoms with Gasteiger partial charge in [-0.3, -0.25) is 9.59 Å². The zero-order valence-electron chi connectivity index (χ0n) is 12.7. The number of benzene rings is 2. The molecule has 2 heterocycles. The number of anilines is 1. The van der Waals surface area contributed by atoms with E-state index in [1.807, 2.05) is 18.2 Å². The fourth-order valence-corrected chi connectivity index (χ4v) is 2.90. The first-order valence-electron chi connectivity index (χ1n) is 7.58. The van der Waals surface area contributed by atoms with Crippen molar-refractivity contribution in [2.24, 2.45) is 0 Å². The number of nitrogens with one attached hydrogen (secondary N) is 2. The summed E-state index contributed by atoms with van der Waals surface area (Å²) in [5.74, 6) is 0.258. The van der Waals surface area contributed by atoms with Gasteiger partial charge in [-0.1, -0.05) is 18.2 Å². The Labute approximate surface area is 138 Å². The van der Waals surface area contributed by atoms with Crippen LogP contribution < -0.4 is 10.6 Å². The lowest BCUT2D eigenvalue weighted by Crippen LogP contribution is -2.17. The highest BCUT2D eigenvalue weighted by atomic mass is 16.3. The minimum absolute atomic E-state index is 0.193. The molecule has 118 valence electrons. The van der Waals surface area contributed by atoms with Crippen LogP contribution in [0.4, 0.5) is 5.69 Å². The third kappa shape index (κ3) is 2.36. The molecular formula is C19H14N2O3. The van der Waals surface area contributed by atoms with Crippen molar-refractivity contribution < 1.29 is 14.0 Å². The molecule has 1 aromatic heterocycles. The molecule has 0 bridgehead atoms. The van der Waals surface area contributed by atoms with Gasteiger partial charge in [-0.2, -0.15) is 0 Å². The van der Waals surface area contributed by atoms with Crippen molar-refractivity contribution in [3.05, 3.63) is 77.6 Å². The predicted molar refractivity (Wildman–Crippen MR) is 89.7 cm³/mol. The van der Waals surface area contributed by atoms with Crippen molar-refractivity contribution >= 4 is 17.5 Å².